The number of aromatic amines is 1. The maximum atomic E-state index is 14.4. The Bertz CT molecular complexity index is 1140. The molecule has 0 saturated heterocycles. The van der Waals surface area contributed by atoms with Gasteiger partial charge < -0.3 is 5.32 Å². The van der Waals surface area contributed by atoms with Gasteiger partial charge in [-0.1, -0.05) is 23.2 Å². The zero-order valence-corrected chi connectivity index (χ0v) is 16.7. The molecule has 0 spiro atoms. The van der Waals surface area contributed by atoms with Crippen LogP contribution < -0.4 is 10.6 Å². The van der Waals surface area contributed by atoms with Crippen molar-refractivity contribution >= 4 is 51.8 Å². The standard InChI is InChI=1S/C18H13Cl2F4N5O/c1-2-25-17(27-16(30)8-3-4-10(19)11(20)5-8)26-15-14-12(21)6-9(18(22,23)24)7-13(14)28-29-15/h3-7H,2H2,1H3,(H3,25,26,27,28,29,30). The number of amides is 1. The molecular formula is C18H13Cl2F4N5O. The molecule has 0 fully saturated rings. The topological polar surface area (TPSA) is 82.2 Å². The molecule has 1 amide bonds. The lowest BCUT2D eigenvalue weighted by molar-refractivity contribution is -0.137. The van der Waals surface area contributed by atoms with Crippen LogP contribution in [0.25, 0.3) is 10.9 Å². The van der Waals surface area contributed by atoms with Crippen molar-refractivity contribution in [2.75, 3.05) is 11.9 Å². The fourth-order valence-corrected chi connectivity index (χ4v) is 2.86. The van der Waals surface area contributed by atoms with Gasteiger partial charge in [-0.05, 0) is 37.3 Å². The first-order valence-corrected chi connectivity index (χ1v) is 9.18. The molecule has 3 aromatic rings. The number of aromatic nitrogens is 2. The summed E-state index contributed by atoms with van der Waals surface area (Å²) in [5, 5.41) is 11.5. The molecule has 0 bridgehead atoms. The van der Waals surface area contributed by atoms with Crippen LogP contribution >= 0.6 is 23.2 Å². The largest absolute Gasteiger partial charge is 0.416 e. The monoisotopic (exact) mass is 461 g/mol. The molecule has 0 unspecified atom stereocenters. The van der Waals surface area contributed by atoms with E-state index in [9.17, 15) is 22.4 Å². The summed E-state index contributed by atoms with van der Waals surface area (Å²) in [6, 6.07) is 5.34. The third kappa shape index (κ3) is 4.65. The second-order valence-corrected chi connectivity index (χ2v) is 6.80. The predicted octanol–water partition coefficient (Wildman–Crippen LogP) is 5.25. The Balaban J connectivity index is 1.88. The van der Waals surface area contributed by atoms with Gasteiger partial charge in [-0.2, -0.15) is 18.3 Å². The Hall–Kier alpha value is -2.85. The van der Waals surface area contributed by atoms with Gasteiger partial charge in [-0.15, -0.1) is 0 Å². The van der Waals surface area contributed by atoms with E-state index in [1.807, 2.05) is 0 Å². The molecule has 0 radical (unpaired) electrons. The number of benzene rings is 2. The van der Waals surface area contributed by atoms with Crippen LogP contribution in [0.3, 0.4) is 0 Å². The molecule has 0 atom stereocenters. The van der Waals surface area contributed by atoms with E-state index < -0.39 is 23.5 Å². The summed E-state index contributed by atoms with van der Waals surface area (Å²) in [6.45, 7) is 1.93. The number of guanidine groups is 1. The molecular weight excluding hydrogens is 449 g/mol. The number of carbonyl (C=O) groups excluding carboxylic acids is 1. The Kier molecular flexibility index (Phi) is 6.18. The van der Waals surface area contributed by atoms with Crippen molar-refractivity contribution in [1.82, 2.24) is 15.5 Å². The summed E-state index contributed by atoms with van der Waals surface area (Å²) in [5.74, 6) is -1.95. The van der Waals surface area contributed by atoms with Gasteiger partial charge in [0.2, 0.25) is 5.96 Å². The summed E-state index contributed by atoms with van der Waals surface area (Å²) < 4.78 is 53.0. The number of nitrogens with zero attached hydrogens (tertiary/aromatic N) is 2. The Morgan fingerprint density at radius 1 is 1.20 bits per heavy atom. The van der Waals surface area contributed by atoms with Crippen LogP contribution in [0.15, 0.2) is 35.3 Å². The van der Waals surface area contributed by atoms with E-state index in [1.165, 1.54) is 18.2 Å². The van der Waals surface area contributed by atoms with Gasteiger partial charge >= 0.3 is 6.18 Å². The lowest BCUT2D eigenvalue weighted by Gasteiger charge is -2.11. The van der Waals surface area contributed by atoms with Crippen molar-refractivity contribution in [3.8, 4) is 0 Å². The molecule has 6 nitrogen and oxygen atoms in total. The van der Waals surface area contributed by atoms with Gasteiger partial charge in [-0.25, -0.2) is 4.39 Å². The van der Waals surface area contributed by atoms with Crippen molar-refractivity contribution in [2.45, 2.75) is 13.1 Å². The Morgan fingerprint density at radius 3 is 2.57 bits per heavy atom. The zero-order valence-electron chi connectivity index (χ0n) is 15.2. The molecule has 158 valence electrons. The normalized spacial score (nSPS) is 12.3. The van der Waals surface area contributed by atoms with E-state index in [0.717, 1.165) is 6.07 Å². The molecule has 2 aromatic carbocycles. The molecule has 3 N–H and O–H groups in total. The number of nitrogens with one attached hydrogen (secondary N) is 3. The van der Waals surface area contributed by atoms with Gasteiger partial charge in [0, 0.05) is 12.1 Å². The van der Waals surface area contributed by atoms with Gasteiger partial charge in [-0.3, -0.25) is 20.2 Å². The summed E-state index contributed by atoms with van der Waals surface area (Å²) in [7, 11) is 0. The maximum absolute atomic E-state index is 14.4. The zero-order chi connectivity index (χ0) is 22.1. The second-order valence-electron chi connectivity index (χ2n) is 5.98. The van der Waals surface area contributed by atoms with Crippen LogP contribution in [-0.2, 0) is 6.18 Å². The van der Waals surface area contributed by atoms with Gasteiger partial charge in [0.15, 0.2) is 5.82 Å². The summed E-state index contributed by atoms with van der Waals surface area (Å²) in [6.07, 6.45) is -4.71. The van der Waals surface area contributed by atoms with Crippen molar-refractivity contribution in [3.63, 3.8) is 0 Å². The van der Waals surface area contributed by atoms with Gasteiger partial charge in [0.25, 0.3) is 5.91 Å². The highest BCUT2D eigenvalue weighted by Gasteiger charge is 2.32. The van der Waals surface area contributed by atoms with E-state index in [-0.39, 0.29) is 44.8 Å². The lowest BCUT2D eigenvalue weighted by Crippen LogP contribution is -2.36. The van der Waals surface area contributed by atoms with Crippen LogP contribution in [0.5, 0.6) is 0 Å². The number of H-pyrrole nitrogens is 1. The number of fused-ring (bicyclic) bond motifs is 1. The fourth-order valence-electron chi connectivity index (χ4n) is 2.56. The molecule has 0 aliphatic rings. The minimum atomic E-state index is -4.71. The Labute approximate surface area is 177 Å². The van der Waals surface area contributed by atoms with Crippen LogP contribution in [0.1, 0.15) is 22.8 Å². The minimum Gasteiger partial charge on any atom is -0.309 e. The highest BCUT2D eigenvalue weighted by molar-refractivity contribution is 6.42. The highest BCUT2D eigenvalue weighted by atomic mass is 35.5. The number of rotatable bonds is 3. The summed E-state index contributed by atoms with van der Waals surface area (Å²) >= 11 is 11.7. The smallest absolute Gasteiger partial charge is 0.309 e. The first kappa shape index (κ1) is 21.8. The van der Waals surface area contributed by atoms with Gasteiger partial charge in [0.05, 0.1) is 26.5 Å². The lowest BCUT2D eigenvalue weighted by atomic mass is 10.1. The third-order valence-electron chi connectivity index (χ3n) is 3.91. The molecule has 30 heavy (non-hydrogen) atoms. The Morgan fingerprint density at radius 2 is 1.93 bits per heavy atom. The predicted molar refractivity (Wildman–Crippen MR) is 107 cm³/mol. The first-order chi connectivity index (χ1) is 14.1. The van der Waals surface area contributed by atoms with Crippen LogP contribution in [-0.4, -0.2) is 28.6 Å². The quantitative estimate of drug-likeness (QED) is 0.283. The van der Waals surface area contributed by atoms with E-state index in [2.05, 4.69) is 25.8 Å². The third-order valence-corrected chi connectivity index (χ3v) is 4.65. The molecule has 12 heteroatoms. The SMILES string of the molecule is CCN=C(NC(=O)c1ccc(Cl)c(Cl)c1)Nc1n[nH]c2cc(C(F)(F)F)cc(F)c12. The molecule has 1 aromatic heterocycles. The molecule has 1 heterocycles. The van der Waals surface area contributed by atoms with Crippen molar-refractivity contribution in [3.05, 3.63) is 57.3 Å². The summed E-state index contributed by atoms with van der Waals surface area (Å²) in [4.78, 5) is 16.5. The average Bonchev–Trinajstić information content (AvgIpc) is 3.06. The number of alkyl halides is 3. The van der Waals surface area contributed by atoms with E-state index >= 15 is 0 Å². The van der Waals surface area contributed by atoms with Crippen molar-refractivity contribution < 1.29 is 22.4 Å². The second kappa shape index (κ2) is 8.49. The summed E-state index contributed by atoms with van der Waals surface area (Å²) in [5.41, 5.74) is -1.14. The minimum absolute atomic E-state index is 0.0822. The number of anilines is 1. The van der Waals surface area contributed by atoms with Crippen LogP contribution in [0, 0.1) is 5.82 Å². The fraction of sp³-hybridized carbons (Fsp3) is 0.167. The number of hydrogen-bond donors (Lipinski definition) is 3. The van der Waals surface area contributed by atoms with Crippen LogP contribution in [0.4, 0.5) is 23.4 Å². The van der Waals surface area contributed by atoms with Crippen molar-refractivity contribution in [1.29, 1.82) is 0 Å². The van der Waals surface area contributed by atoms with Gasteiger partial charge in [0.1, 0.15) is 5.82 Å². The molecule has 3 rings (SSSR count). The highest BCUT2D eigenvalue weighted by Crippen LogP contribution is 2.34. The number of hydrogen-bond acceptors (Lipinski definition) is 3. The maximum Gasteiger partial charge on any atom is 0.416 e. The number of halogens is 6. The van der Waals surface area contributed by atoms with Crippen LogP contribution in [0.2, 0.25) is 10.0 Å². The number of aliphatic imine (C=N–C) groups is 1. The molecule has 0 aliphatic carbocycles. The van der Waals surface area contributed by atoms with Crippen molar-refractivity contribution in [2.24, 2.45) is 4.99 Å². The van der Waals surface area contributed by atoms with E-state index in [1.54, 1.807) is 6.92 Å². The molecule has 0 aliphatic heterocycles. The first-order valence-electron chi connectivity index (χ1n) is 8.42. The van der Waals surface area contributed by atoms with E-state index in [4.69, 9.17) is 23.2 Å². The number of carbonyl (C=O) groups is 1. The van der Waals surface area contributed by atoms with E-state index in [0.29, 0.717) is 6.07 Å². The average molecular weight is 462 g/mol. The molecule has 0 saturated carbocycles.